The van der Waals surface area contributed by atoms with E-state index in [0.29, 0.717) is 0 Å². The van der Waals surface area contributed by atoms with Crippen LogP contribution in [0, 0.1) is 5.92 Å². The number of aromatic nitrogens is 1. The Hall–Kier alpha value is -1.33. The maximum atomic E-state index is 9.78. The van der Waals surface area contributed by atoms with Crippen LogP contribution in [0.25, 0.3) is 10.2 Å². The fourth-order valence-electron chi connectivity index (χ4n) is 2.57. The summed E-state index contributed by atoms with van der Waals surface area (Å²) < 4.78 is 1.13. The summed E-state index contributed by atoms with van der Waals surface area (Å²) in [5.74, 6) is 0.282. The number of piperidine rings is 1. The molecule has 1 fully saturated rings. The monoisotopic (exact) mass is 263 g/mol. The Morgan fingerprint density at radius 3 is 3.11 bits per heavy atom. The molecule has 0 aliphatic carbocycles. The number of nitrogens with zero attached hydrogens (tertiary/aromatic N) is 2. The molecule has 0 spiro atoms. The highest BCUT2D eigenvalue weighted by atomic mass is 32.1. The van der Waals surface area contributed by atoms with Gasteiger partial charge in [-0.05, 0) is 24.5 Å². The molecule has 0 radical (unpaired) electrons. The van der Waals surface area contributed by atoms with Crippen molar-refractivity contribution in [2.24, 2.45) is 5.92 Å². The molecule has 5 heteroatoms. The summed E-state index contributed by atoms with van der Waals surface area (Å²) in [6, 6.07) is 4.15. The Balaban J connectivity index is 1.96. The Morgan fingerprint density at radius 1 is 1.50 bits per heavy atom. The van der Waals surface area contributed by atoms with Gasteiger partial charge in [0.15, 0.2) is 0 Å². The van der Waals surface area contributed by atoms with E-state index in [1.807, 2.05) is 5.51 Å². The first kappa shape index (κ1) is 11.7. The summed E-state index contributed by atoms with van der Waals surface area (Å²) in [5, 5.41) is 9.78. The third-order valence-corrected chi connectivity index (χ3v) is 4.51. The minimum absolute atomic E-state index is 0.189. The molecule has 1 saturated heterocycles. The predicted molar refractivity (Wildman–Crippen MR) is 76.0 cm³/mol. The number of hydrogen-bond acceptors (Lipinski definition) is 5. The molecule has 0 saturated carbocycles. The molecule has 0 bridgehead atoms. The van der Waals surface area contributed by atoms with Gasteiger partial charge in [-0.1, -0.05) is 6.92 Å². The van der Waals surface area contributed by atoms with Gasteiger partial charge in [0, 0.05) is 13.1 Å². The van der Waals surface area contributed by atoms with Crippen molar-refractivity contribution in [1.82, 2.24) is 4.98 Å². The van der Waals surface area contributed by atoms with Crippen LogP contribution in [-0.4, -0.2) is 29.3 Å². The van der Waals surface area contributed by atoms with Crippen LogP contribution >= 0.6 is 11.3 Å². The van der Waals surface area contributed by atoms with E-state index in [2.05, 4.69) is 28.9 Å². The molecule has 1 aliphatic heterocycles. The summed E-state index contributed by atoms with van der Waals surface area (Å²) in [5.41, 5.74) is 10.8. The summed E-state index contributed by atoms with van der Waals surface area (Å²) in [6.07, 6.45) is 0.612. The summed E-state index contributed by atoms with van der Waals surface area (Å²) >= 11 is 1.61. The molecular formula is C13H17N3OS. The average molecular weight is 263 g/mol. The summed E-state index contributed by atoms with van der Waals surface area (Å²) in [6.45, 7) is 3.78. The van der Waals surface area contributed by atoms with Gasteiger partial charge in [-0.2, -0.15) is 0 Å². The first-order valence-corrected chi connectivity index (χ1v) is 7.09. The highest BCUT2D eigenvalue weighted by Gasteiger charge is 2.25. The molecular weight excluding hydrogens is 246 g/mol. The quantitative estimate of drug-likeness (QED) is 0.773. The van der Waals surface area contributed by atoms with Gasteiger partial charge in [-0.25, -0.2) is 4.98 Å². The first-order valence-electron chi connectivity index (χ1n) is 6.21. The van der Waals surface area contributed by atoms with Crippen molar-refractivity contribution in [2.45, 2.75) is 19.4 Å². The lowest BCUT2D eigenvalue weighted by molar-refractivity contribution is 0.0971. The Labute approximate surface area is 110 Å². The smallest absolute Gasteiger partial charge is 0.106 e. The second kappa shape index (κ2) is 4.40. The lowest BCUT2D eigenvalue weighted by Gasteiger charge is -2.36. The van der Waals surface area contributed by atoms with E-state index >= 15 is 0 Å². The van der Waals surface area contributed by atoms with Crippen LogP contribution in [0.3, 0.4) is 0 Å². The maximum absolute atomic E-state index is 9.78. The van der Waals surface area contributed by atoms with Crippen molar-refractivity contribution in [2.75, 3.05) is 23.7 Å². The number of aliphatic hydroxyl groups excluding tert-OH is 1. The maximum Gasteiger partial charge on any atom is 0.106 e. The lowest BCUT2D eigenvalue weighted by atomic mass is 9.96. The van der Waals surface area contributed by atoms with Crippen LogP contribution in [0.2, 0.25) is 0 Å². The molecule has 2 heterocycles. The minimum Gasteiger partial charge on any atom is -0.395 e. The third kappa shape index (κ3) is 1.83. The van der Waals surface area contributed by atoms with Crippen LogP contribution in [0.5, 0.6) is 0 Å². The Kier molecular flexibility index (Phi) is 2.87. The third-order valence-electron chi connectivity index (χ3n) is 3.72. The molecule has 3 rings (SSSR count). The van der Waals surface area contributed by atoms with Crippen molar-refractivity contribution < 1.29 is 5.11 Å². The van der Waals surface area contributed by atoms with E-state index in [4.69, 9.17) is 5.73 Å². The number of hydrogen-bond donors (Lipinski definition) is 2. The largest absolute Gasteiger partial charge is 0.395 e. The molecule has 3 N–H and O–H groups in total. The fraction of sp³-hybridized carbons (Fsp3) is 0.462. The van der Waals surface area contributed by atoms with E-state index in [1.54, 1.807) is 11.3 Å². The molecule has 18 heavy (non-hydrogen) atoms. The highest BCUT2D eigenvalue weighted by molar-refractivity contribution is 7.16. The van der Waals surface area contributed by atoms with E-state index in [9.17, 15) is 5.11 Å². The van der Waals surface area contributed by atoms with Crippen molar-refractivity contribution >= 4 is 32.9 Å². The van der Waals surface area contributed by atoms with Gasteiger partial charge >= 0.3 is 0 Å². The molecule has 1 aromatic heterocycles. The first-order chi connectivity index (χ1) is 8.66. The summed E-state index contributed by atoms with van der Waals surface area (Å²) in [4.78, 5) is 6.58. The van der Waals surface area contributed by atoms with Crippen LogP contribution in [0.4, 0.5) is 11.4 Å². The lowest BCUT2D eigenvalue weighted by Crippen LogP contribution is -2.42. The molecule has 1 aliphatic rings. The number of thiazole rings is 1. The van der Waals surface area contributed by atoms with E-state index in [0.717, 1.165) is 41.1 Å². The van der Waals surface area contributed by atoms with Crippen LogP contribution in [0.15, 0.2) is 17.6 Å². The van der Waals surface area contributed by atoms with Gasteiger partial charge in [0.2, 0.25) is 0 Å². The second-order valence-electron chi connectivity index (χ2n) is 4.98. The van der Waals surface area contributed by atoms with Gasteiger partial charge < -0.3 is 15.7 Å². The van der Waals surface area contributed by atoms with E-state index in [-0.39, 0.29) is 12.0 Å². The fourth-order valence-corrected chi connectivity index (χ4v) is 3.26. The number of aliphatic hydroxyl groups is 1. The van der Waals surface area contributed by atoms with Gasteiger partial charge in [0.1, 0.15) is 5.52 Å². The zero-order valence-electron chi connectivity index (χ0n) is 10.3. The van der Waals surface area contributed by atoms with Crippen molar-refractivity contribution in [3.63, 3.8) is 0 Å². The molecule has 2 atom stereocenters. The highest BCUT2D eigenvalue weighted by Crippen LogP contribution is 2.34. The zero-order valence-corrected chi connectivity index (χ0v) is 11.2. The molecule has 1 aromatic carbocycles. The number of rotatable bonds is 1. The molecule has 96 valence electrons. The van der Waals surface area contributed by atoms with E-state index < -0.39 is 0 Å². The van der Waals surface area contributed by atoms with Crippen molar-refractivity contribution in [1.29, 1.82) is 0 Å². The topological polar surface area (TPSA) is 62.4 Å². The van der Waals surface area contributed by atoms with E-state index in [1.165, 1.54) is 0 Å². The van der Waals surface area contributed by atoms with Crippen molar-refractivity contribution in [3.05, 3.63) is 17.6 Å². The van der Waals surface area contributed by atoms with Crippen LogP contribution < -0.4 is 10.6 Å². The zero-order chi connectivity index (χ0) is 12.7. The van der Waals surface area contributed by atoms with Gasteiger partial charge in [0.05, 0.1) is 27.7 Å². The van der Waals surface area contributed by atoms with Crippen LogP contribution in [-0.2, 0) is 0 Å². The Bertz CT molecular complexity index is 568. The molecule has 4 nitrogen and oxygen atoms in total. The summed E-state index contributed by atoms with van der Waals surface area (Å²) in [7, 11) is 0. The molecule has 2 unspecified atom stereocenters. The predicted octanol–water partition coefficient (Wildman–Crippen LogP) is 2.09. The van der Waals surface area contributed by atoms with Gasteiger partial charge in [0.25, 0.3) is 0 Å². The number of benzene rings is 1. The average Bonchev–Trinajstić information content (AvgIpc) is 2.83. The van der Waals surface area contributed by atoms with Gasteiger partial charge in [-0.3, -0.25) is 0 Å². The van der Waals surface area contributed by atoms with Crippen LogP contribution in [0.1, 0.15) is 13.3 Å². The standard InChI is InChI=1S/C13H17N3OS/c1-8-6-16(5-4-10(8)17)9-2-3-11-13(12(9)14)15-7-18-11/h2-3,7-8,10,17H,4-6,14H2,1H3. The van der Waals surface area contributed by atoms with Gasteiger partial charge in [-0.15, -0.1) is 11.3 Å². The number of nitrogen functional groups attached to an aromatic ring is 1. The molecule has 2 aromatic rings. The number of nitrogens with two attached hydrogens (primary N) is 1. The van der Waals surface area contributed by atoms with Crippen molar-refractivity contribution in [3.8, 4) is 0 Å². The SMILES string of the molecule is CC1CN(c2ccc3scnc3c2N)CCC1O. The Morgan fingerprint density at radius 2 is 2.33 bits per heavy atom. The normalized spacial score (nSPS) is 24.7. The number of anilines is 2. The minimum atomic E-state index is -0.189. The molecule has 0 amide bonds. The number of fused-ring (bicyclic) bond motifs is 1. The second-order valence-corrected chi connectivity index (χ2v) is 5.86.